The highest BCUT2D eigenvalue weighted by Crippen LogP contribution is 2.42. The molecule has 0 saturated heterocycles. The molecule has 31 heavy (non-hydrogen) atoms. The van der Waals surface area contributed by atoms with Gasteiger partial charge in [-0.15, -0.1) is 5.10 Å². The Bertz CT molecular complexity index is 1090. The van der Waals surface area contributed by atoms with Crippen LogP contribution in [0.3, 0.4) is 0 Å². The number of aromatic amines is 1. The number of hydrogen-bond donors (Lipinski definition) is 1. The summed E-state index contributed by atoms with van der Waals surface area (Å²) in [5, 5.41) is 6.42. The Balaban J connectivity index is 1.55. The number of hydrogen-bond acceptors (Lipinski definition) is 8. The quantitative estimate of drug-likeness (QED) is 0.559. The van der Waals surface area contributed by atoms with Gasteiger partial charge in [-0.2, -0.15) is 5.01 Å². The zero-order chi connectivity index (χ0) is 22.0. The summed E-state index contributed by atoms with van der Waals surface area (Å²) >= 11 is 1.45. The maximum absolute atomic E-state index is 12.2. The summed E-state index contributed by atoms with van der Waals surface area (Å²) in [6.45, 7) is 1.44. The van der Waals surface area contributed by atoms with Crippen LogP contribution in [0.25, 0.3) is 11.0 Å². The van der Waals surface area contributed by atoms with E-state index >= 15 is 0 Å². The summed E-state index contributed by atoms with van der Waals surface area (Å²) in [5.74, 6) is 1.97. The van der Waals surface area contributed by atoms with Gasteiger partial charge in [-0.25, -0.2) is 4.98 Å². The molecule has 0 spiro atoms. The van der Waals surface area contributed by atoms with E-state index in [0.717, 1.165) is 16.2 Å². The molecule has 0 aliphatic carbocycles. The van der Waals surface area contributed by atoms with Crippen LogP contribution in [0.4, 0.5) is 0 Å². The predicted molar refractivity (Wildman–Crippen MR) is 117 cm³/mol. The average Bonchev–Trinajstić information content (AvgIpc) is 3.40. The van der Waals surface area contributed by atoms with Gasteiger partial charge in [0.15, 0.2) is 16.7 Å². The summed E-state index contributed by atoms with van der Waals surface area (Å²) in [7, 11) is 4.60. The molecule has 3 aromatic rings. The third kappa shape index (κ3) is 4.11. The first-order valence-corrected chi connectivity index (χ1v) is 10.4. The van der Waals surface area contributed by atoms with E-state index in [0.29, 0.717) is 34.5 Å². The summed E-state index contributed by atoms with van der Waals surface area (Å²) in [6, 6.07) is 11.3. The molecular formula is C21H22N4O5S. The van der Waals surface area contributed by atoms with Crippen LogP contribution in [-0.4, -0.2) is 53.9 Å². The van der Waals surface area contributed by atoms with Crippen molar-refractivity contribution in [3.63, 3.8) is 0 Å². The number of fused-ring (bicyclic) bond motifs is 1. The SMILES string of the molecule is COc1cc([C@@H]2OC(CSc3nc4ccccc4[nH]3)=NN2C(C)=O)cc(OC)c1OC. The van der Waals surface area contributed by atoms with Crippen molar-refractivity contribution < 1.29 is 23.7 Å². The number of imidazole rings is 1. The number of nitrogens with zero attached hydrogens (tertiary/aromatic N) is 3. The van der Waals surface area contributed by atoms with Gasteiger partial charge < -0.3 is 23.9 Å². The standard InChI is InChI=1S/C21H22N4O5S/c1-12(26)25-20(13-9-16(27-2)19(29-4)17(10-13)28-3)30-18(24-25)11-31-21-22-14-7-5-6-8-15(14)23-21/h5-10,20H,11H2,1-4H3,(H,22,23)/t20-/m0/s1. The molecule has 2 heterocycles. The zero-order valence-corrected chi connectivity index (χ0v) is 18.4. The first-order chi connectivity index (χ1) is 15.0. The molecular weight excluding hydrogens is 420 g/mol. The van der Waals surface area contributed by atoms with Gasteiger partial charge in [-0.1, -0.05) is 23.9 Å². The zero-order valence-electron chi connectivity index (χ0n) is 17.5. The Morgan fingerprint density at radius 3 is 2.48 bits per heavy atom. The molecule has 0 fully saturated rings. The number of H-pyrrole nitrogens is 1. The molecule has 2 aromatic carbocycles. The number of thioether (sulfide) groups is 1. The number of hydrazone groups is 1. The fraction of sp³-hybridized carbons (Fsp3) is 0.286. The molecule has 0 unspecified atom stereocenters. The monoisotopic (exact) mass is 442 g/mol. The molecule has 1 aromatic heterocycles. The van der Waals surface area contributed by atoms with E-state index in [2.05, 4.69) is 15.1 Å². The van der Waals surface area contributed by atoms with Crippen molar-refractivity contribution >= 4 is 34.6 Å². The molecule has 0 saturated carbocycles. The van der Waals surface area contributed by atoms with Crippen molar-refractivity contribution in [2.45, 2.75) is 18.3 Å². The van der Waals surface area contributed by atoms with Gasteiger partial charge in [0.05, 0.1) is 38.1 Å². The van der Waals surface area contributed by atoms with Gasteiger partial charge in [0, 0.05) is 12.5 Å². The second-order valence-electron chi connectivity index (χ2n) is 6.63. The fourth-order valence-electron chi connectivity index (χ4n) is 3.25. The Labute approximate surface area is 183 Å². The first-order valence-electron chi connectivity index (χ1n) is 9.45. The van der Waals surface area contributed by atoms with Crippen LogP contribution < -0.4 is 14.2 Å². The highest BCUT2D eigenvalue weighted by atomic mass is 32.2. The minimum atomic E-state index is -0.738. The summed E-state index contributed by atoms with van der Waals surface area (Å²) in [5.41, 5.74) is 2.50. The van der Waals surface area contributed by atoms with Crippen LogP contribution in [0, 0.1) is 0 Å². The smallest absolute Gasteiger partial charge is 0.243 e. The van der Waals surface area contributed by atoms with Gasteiger partial charge in [0.25, 0.3) is 0 Å². The minimum Gasteiger partial charge on any atom is -0.493 e. The van der Waals surface area contributed by atoms with E-state index < -0.39 is 6.23 Å². The molecule has 1 atom stereocenters. The van der Waals surface area contributed by atoms with Crippen LogP contribution in [-0.2, 0) is 9.53 Å². The number of carbonyl (C=O) groups excluding carboxylic acids is 1. The van der Waals surface area contributed by atoms with E-state index in [9.17, 15) is 4.79 Å². The van der Waals surface area contributed by atoms with Crippen LogP contribution >= 0.6 is 11.8 Å². The average molecular weight is 442 g/mol. The van der Waals surface area contributed by atoms with E-state index in [1.54, 1.807) is 12.1 Å². The van der Waals surface area contributed by atoms with Crippen molar-refractivity contribution in [2.24, 2.45) is 5.10 Å². The molecule has 1 N–H and O–H groups in total. The molecule has 162 valence electrons. The largest absolute Gasteiger partial charge is 0.493 e. The lowest BCUT2D eigenvalue weighted by Crippen LogP contribution is -2.25. The van der Waals surface area contributed by atoms with Crippen LogP contribution in [0.2, 0.25) is 0 Å². The highest BCUT2D eigenvalue weighted by molar-refractivity contribution is 7.99. The third-order valence-corrected chi connectivity index (χ3v) is 5.54. The summed E-state index contributed by atoms with van der Waals surface area (Å²) in [6.07, 6.45) is -0.738. The number of para-hydroxylation sites is 2. The maximum atomic E-state index is 12.2. The number of benzene rings is 2. The lowest BCUT2D eigenvalue weighted by atomic mass is 10.1. The highest BCUT2D eigenvalue weighted by Gasteiger charge is 2.34. The van der Waals surface area contributed by atoms with E-state index in [-0.39, 0.29) is 5.91 Å². The number of methoxy groups -OCH3 is 3. The number of ether oxygens (including phenoxy) is 4. The van der Waals surface area contributed by atoms with Gasteiger partial charge in [0.2, 0.25) is 23.8 Å². The second-order valence-corrected chi connectivity index (χ2v) is 7.60. The fourth-order valence-corrected chi connectivity index (χ4v) is 3.99. The lowest BCUT2D eigenvalue weighted by molar-refractivity contribution is -0.135. The van der Waals surface area contributed by atoms with Gasteiger partial charge in [0.1, 0.15) is 0 Å². The van der Waals surface area contributed by atoms with Crippen molar-refractivity contribution in [2.75, 3.05) is 27.1 Å². The Morgan fingerprint density at radius 2 is 1.87 bits per heavy atom. The number of amides is 1. The molecule has 1 amide bonds. The topological polar surface area (TPSA) is 98.3 Å². The van der Waals surface area contributed by atoms with Gasteiger partial charge in [-0.05, 0) is 24.3 Å². The molecule has 1 aliphatic heterocycles. The molecule has 9 nitrogen and oxygen atoms in total. The van der Waals surface area contributed by atoms with Crippen molar-refractivity contribution in [1.82, 2.24) is 15.0 Å². The van der Waals surface area contributed by atoms with Gasteiger partial charge >= 0.3 is 0 Å². The number of aromatic nitrogens is 2. The van der Waals surface area contributed by atoms with Gasteiger partial charge in [-0.3, -0.25) is 4.79 Å². The van der Waals surface area contributed by atoms with E-state index in [1.807, 2.05) is 24.3 Å². The molecule has 1 aliphatic rings. The maximum Gasteiger partial charge on any atom is 0.243 e. The predicted octanol–water partition coefficient (Wildman–Crippen LogP) is 3.57. The van der Waals surface area contributed by atoms with Crippen molar-refractivity contribution in [3.05, 3.63) is 42.0 Å². The normalized spacial score (nSPS) is 15.5. The summed E-state index contributed by atoms with van der Waals surface area (Å²) in [4.78, 5) is 20.0. The molecule has 10 heteroatoms. The molecule has 4 rings (SSSR count). The van der Waals surface area contributed by atoms with E-state index in [1.165, 1.54) is 45.0 Å². The van der Waals surface area contributed by atoms with Crippen LogP contribution in [0.15, 0.2) is 46.7 Å². The van der Waals surface area contributed by atoms with Crippen LogP contribution in [0.5, 0.6) is 17.2 Å². The van der Waals surface area contributed by atoms with E-state index in [4.69, 9.17) is 18.9 Å². The van der Waals surface area contributed by atoms with Crippen molar-refractivity contribution in [1.29, 1.82) is 0 Å². The Morgan fingerprint density at radius 1 is 1.16 bits per heavy atom. The molecule has 0 bridgehead atoms. The number of nitrogens with one attached hydrogen (secondary N) is 1. The Kier molecular flexibility index (Phi) is 5.90. The molecule has 0 radical (unpaired) electrons. The lowest BCUT2D eigenvalue weighted by Gasteiger charge is -2.21. The first kappa shape index (κ1) is 20.9. The Hall–Kier alpha value is -3.40. The number of rotatable bonds is 7. The number of carbonyl (C=O) groups is 1. The van der Waals surface area contributed by atoms with Crippen molar-refractivity contribution in [3.8, 4) is 17.2 Å². The second kappa shape index (κ2) is 8.76. The van der Waals surface area contributed by atoms with Crippen LogP contribution in [0.1, 0.15) is 18.7 Å². The minimum absolute atomic E-state index is 0.248. The summed E-state index contributed by atoms with van der Waals surface area (Å²) < 4.78 is 22.2. The third-order valence-electron chi connectivity index (χ3n) is 4.68.